The lowest BCUT2D eigenvalue weighted by atomic mass is 9.90. The summed E-state index contributed by atoms with van der Waals surface area (Å²) < 4.78 is 11.5. The number of halogens is 2. The molecule has 4 rings (SSSR count). The molecular formula is C22H25ClIN5O2. The predicted molar refractivity (Wildman–Crippen MR) is 132 cm³/mol. The Morgan fingerprint density at radius 3 is 2.81 bits per heavy atom. The van der Waals surface area contributed by atoms with Crippen molar-refractivity contribution in [3.63, 3.8) is 0 Å². The summed E-state index contributed by atoms with van der Waals surface area (Å²) in [7, 11) is 1.73. The molecule has 2 heterocycles. The van der Waals surface area contributed by atoms with Crippen LogP contribution >= 0.6 is 35.6 Å². The third-order valence-corrected chi connectivity index (χ3v) is 5.10. The molecule has 1 aliphatic rings. The molecule has 1 aliphatic heterocycles. The predicted octanol–water partition coefficient (Wildman–Crippen LogP) is 4.98. The van der Waals surface area contributed by atoms with Crippen molar-refractivity contribution in [3.8, 4) is 17.1 Å². The van der Waals surface area contributed by atoms with E-state index in [1.165, 1.54) is 0 Å². The second-order valence-corrected chi connectivity index (χ2v) is 8.18. The van der Waals surface area contributed by atoms with Crippen LogP contribution in [0.15, 0.2) is 58.0 Å². The number of nitrogens with zero attached hydrogens (tertiary/aromatic N) is 3. The lowest BCUT2D eigenvalue weighted by Crippen LogP contribution is -2.45. The summed E-state index contributed by atoms with van der Waals surface area (Å²) in [5.74, 6) is 2.50. The van der Waals surface area contributed by atoms with Crippen LogP contribution in [0.2, 0.25) is 5.02 Å². The zero-order valence-electron chi connectivity index (χ0n) is 17.6. The van der Waals surface area contributed by atoms with E-state index in [0.717, 1.165) is 23.3 Å². The molecule has 2 N–H and O–H groups in total. The van der Waals surface area contributed by atoms with Gasteiger partial charge in [-0.2, -0.15) is 4.98 Å². The van der Waals surface area contributed by atoms with Crippen molar-refractivity contribution in [2.24, 2.45) is 4.99 Å². The summed E-state index contributed by atoms with van der Waals surface area (Å²) in [6, 6.07) is 15.5. The van der Waals surface area contributed by atoms with Crippen molar-refractivity contribution in [3.05, 3.63) is 65.0 Å². The summed E-state index contributed by atoms with van der Waals surface area (Å²) in [6.45, 7) is 4.52. The number of aromatic nitrogens is 2. The molecule has 0 amide bonds. The SMILES string of the molecule is CN=C(NCc1nc(-c2cccc(Cl)c2)no1)NC1CC(C)(C)Oc2ccccc21.I. The lowest BCUT2D eigenvalue weighted by molar-refractivity contribution is 0.0694. The number of hydrogen-bond donors (Lipinski definition) is 2. The van der Waals surface area contributed by atoms with Crippen LogP contribution in [-0.2, 0) is 6.54 Å². The number of rotatable bonds is 4. The van der Waals surface area contributed by atoms with Crippen molar-refractivity contribution < 1.29 is 9.26 Å². The molecule has 0 spiro atoms. The molecule has 0 radical (unpaired) electrons. The molecule has 0 aliphatic carbocycles. The zero-order chi connectivity index (χ0) is 21.1. The Labute approximate surface area is 203 Å². The summed E-state index contributed by atoms with van der Waals surface area (Å²) in [5, 5.41) is 11.4. The second-order valence-electron chi connectivity index (χ2n) is 7.75. The van der Waals surface area contributed by atoms with Crippen molar-refractivity contribution in [2.45, 2.75) is 38.5 Å². The zero-order valence-corrected chi connectivity index (χ0v) is 20.6. The van der Waals surface area contributed by atoms with E-state index in [0.29, 0.717) is 29.2 Å². The maximum absolute atomic E-state index is 6.10. The van der Waals surface area contributed by atoms with Gasteiger partial charge in [-0.3, -0.25) is 4.99 Å². The molecule has 0 fully saturated rings. The van der Waals surface area contributed by atoms with E-state index in [1.54, 1.807) is 19.2 Å². The van der Waals surface area contributed by atoms with E-state index in [4.69, 9.17) is 20.9 Å². The molecule has 1 aromatic heterocycles. The van der Waals surface area contributed by atoms with E-state index in [2.05, 4.69) is 45.7 Å². The number of benzene rings is 2. The minimum Gasteiger partial charge on any atom is -0.487 e. The van der Waals surface area contributed by atoms with Crippen LogP contribution in [-0.4, -0.2) is 28.7 Å². The van der Waals surface area contributed by atoms with Crippen LogP contribution in [0.25, 0.3) is 11.4 Å². The van der Waals surface area contributed by atoms with Crippen molar-refractivity contribution in [1.29, 1.82) is 0 Å². The number of fused-ring (bicyclic) bond motifs is 1. The molecule has 9 heteroatoms. The molecule has 1 unspecified atom stereocenters. The highest BCUT2D eigenvalue weighted by Gasteiger charge is 2.34. The fourth-order valence-corrected chi connectivity index (χ4v) is 3.71. The molecule has 0 saturated heterocycles. The Morgan fingerprint density at radius 2 is 2.03 bits per heavy atom. The van der Waals surface area contributed by atoms with Crippen LogP contribution in [0.5, 0.6) is 5.75 Å². The molecule has 1 atom stereocenters. The van der Waals surface area contributed by atoms with Gasteiger partial charge in [0.05, 0.1) is 12.6 Å². The number of para-hydroxylation sites is 1. The summed E-state index contributed by atoms with van der Waals surface area (Å²) in [5.41, 5.74) is 1.64. The van der Waals surface area contributed by atoms with Gasteiger partial charge in [-0.25, -0.2) is 0 Å². The Hall–Kier alpha value is -2.33. The maximum Gasteiger partial charge on any atom is 0.246 e. The van der Waals surface area contributed by atoms with Crippen LogP contribution in [0, 0.1) is 0 Å². The van der Waals surface area contributed by atoms with E-state index in [9.17, 15) is 0 Å². The standard InChI is InChI=1S/C22H24ClN5O2.HI/c1-22(2)12-17(16-9-4-5-10-18(16)29-22)26-21(24-3)25-13-19-27-20(28-30-19)14-7-6-8-15(23)11-14;/h4-11,17H,12-13H2,1-3H3,(H2,24,25,26);1H. The van der Waals surface area contributed by atoms with Gasteiger partial charge in [-0.1, -0.05) is 47.1 Å². The first kappa shape index (κ1) is 23.3. The Kier molecular flexibility index (Phi) is 7.42. The molecule has 3 aromatic rings. The number of hydrogen-bond acceptors (Lipinski definition) is 5. The highest BCUT2D eigenvalue weighted by Crippen LogP contribution is 2.39. The van der Waals surface area contributed by atoms with Gasteiger partial charge in [0.2, 0.25) is 11.7 Å². The highest BCUT2D eigenvalue weighted by atomic mass is 127. The lowest BCUT2D eigenvalue weighted by Gasteiger charge is -2.38. The molecule has 2 aromatic carbocycles. The average Bonchev–Trinajstić information content (AvgIpc) is 3.19. The number of aliphatic imine (C=N–C) groups is 1. The van der Waals surface area contributed by atoms with Gasteiger partial charge >= 0.3 is 0 Å². The minimum absolute atomic E-state index is 0. The number of nitrogens with one attached hydrogen (secondary N) is 2. The third kappa shape index (κ3) is 5.68. The minimum atomic E-state index is -0.275. The van der Waals surface area contributed by atoms with Crippen LogP contribution in [0.4, 0.5) is 0 Å². The van der Waals surface area contributed by atoms with E-state index >= 15 is 0 Å². The molecule has 164 valence electrons. The third-order valence-electron chi connectivity index (χ3n) is 4.87. The van der Waals surface area contributed by atoms with Gasteiger partial charge < -0.3 is 19.9 Å². The average molecular weight is 554 g/mol. The first-order valence-electron chi connectivity index (χ1n) is 9.77. The molecular weight excluding hydrogens is 529 g/mol. The van der Waals surface area contributed by atoms with E-state index < -0.39 is 0 Å². The van der Waals surface area contributed by atoms with Crippen molar-refractivity contribution in [2.75, 3.05) is 7.05 Å². The van der Waals surface area contributed by atoms with Crippen LogP contribution in [0.3, 0.4) is 0 Å². The van der Waals surface area contributed by atoms with Crippen molar-refractivity contribution >= 4 is 41.5 Å². The van der Waals surface area contributed by atoms with Gasteiger partial charge in [-0.05, 0) is 32.0 Å². The number of guanidine groups is 1. The molecule has 0 bridgehead atoms. The van der Waals surface area contributed by atoms with Gasteiger partial charge in [0.25, 0.3) is 0 Å². The summed E-state index contributed by atoms with van der Waals surface area (Å²) in [4.78, 5) is 8.77. The second kappa shape index (κ2) is 9.86. The highest BCUT2D eigenvalue weighted by molar-refractivity contribution is 14.0. The van der Waals surface area contributed by atoms with Crippen LogP contribution in [0.1, 0.15) is 37.8 Å². The van der Waals surface area contributed by atoms with Gasteiger partial charge in [0.1, 0.15) is 11.4 Å². The fourth-order valence-electron chi connectivity index (χ4n) is 3.52. The Balaban J connectivity index is 0.00000272. The van der Waals surface area contributed by atoms with Gasteiger partial charge in [-0.15, -0.1) is 24.0 Å². The van der Waals surface area contributed by atoms with Crippen molar-refractivity contribution in [1.82, 2.24) is 20.8 Å². The largest absolute Gasteiger partial charge is 0.487 e. The Morgan fingerprint density at radius 1 is 1.23 bits per heavy atom. The van der Waals surface area contributed by atoms with E-state index in [-0.39, 0.29) is 35.6 Å². The smallest absolute Gasteiger partial charge is 0.246 e. The summed E-state index contributed by atoms with van der Waals surface area (Å²) >= 11 is 6.04. The Bertz CT molecular complexity index is 1070. The quantitative estimate of drug-likeness (QED) is 0.269. The fraction of sp³-hybridized carbons (Fsp3) is 0.318. The van der Waals surface area contributed by atoms with Gasteiger partial charge in [0.15, 0.2) is 5.96 Å². The molecule has 0 saturated carbocycles. The van der Waals surface area contributed by atoms with Crippen LogP contribution < -0.4 is 15.4 Å². The normalized spacial score (nSPS) is 17.2. The molecule has 7 nitrogen and oxygen atoms in total. The summed E-state index contributed by atoms with van der Waals surface area (Å²) in [6.07, 6.45) is 0.810. The first-order chi connectivity index (χ1) is 14.4. The molecule has 31 heavy (non-hydrogen) atoms. The van der Waals surface area contributed by atoms with E-state index in [1.807, 2.05) is 30.3 Å². The topological polar surface area (TPSA) is 84.6 Å². The number of ether oxygens (including phenoxy) is 1. The maximum atomic E-state index is 6.10. The van der Waals surface area contributed by atoms with Gasteiger partial charge in [0, 0.05) is 29.6 Å². The monoisotopic (exact) mass is 553 g/mol. The first-order valence-corrected chi connectivity index (χ1v) is 10.1.